The maximum absolute atomic E-state index is 12.8. The Bertz CT molecular complexity index is 1480. The van der Waals surface area contributed by atoms with Crippen LogP contribution in [0.15, 0.2) is 53.4 Å². The van der Waals surface area contributed by atoms with E-state index in [9.17, 15) is 53.4 Å². The van der Waals surface area contributed by atoms with Gasteiger partial charge in [-0.25, -0.2) is 22.2 Å². The number of aryl methyl sites for hydroxylation is 1. The molecule has 0 saturated heterocycles. The van der Waals surface area contributed by atoms with Crippen LogP contribution in [0.4, 0.5) is 32.0 Å². The number of nitrogens with zero attached hydrogens (tertiary/aromatic N) is 1. The van der Waals surface area contributed by atoms with Crippen molar-refractivity contribution >= 4 is 25.9 Å². The number of ether oxygens (including phenoxy) is 2. The molecule has 0 fully saturated rings. The lowest BCUT2D eigenvalue weighted by Gasteiger charge is -2.17. The first kappa shape index (κ1) is 31.0. The third-order valence-corrected chi connectivity index (χ3v) is 7.71. The molecule has 11 nitrogen and oxygen atoms in total. The van der Waals surface area contributed by atoms with Gasteiger partial charge >= 0.3 is 22.6 Å². The van der Waals surface area contributed by atoms with E-state index in [1.165, 1.54) is 18.2 Å². The van der Waals surface area contributed by atoms with Gasteiger partial charge in [-0.1, -0.05) is 6.07 Å². The zero-order valence-electron chi connectivity index (χ0n) is 20.0. The zero-order valence-corrected chi connectivity index (χ0v) is 21.6. The lowest BCUT2D eigenvalue weighted by Crippen LogP contribution is -2.29. The molecule has 19 heteroatoms. The van der Waals surface area contributed by atoms with Crippen LogP contribution in [0.2, 0.25) is 0 Å². The molecule has 0 atom stereocenters. The molecule has 0 radical (unpaired) electrons. The van der Waals surface area contributed by atoms with E-state index in [1.54, 1.807) is 4.72 Å². The number of halogens is 6. The average molecular weight is 622 g/mol. The topological polar surface area (TPSA) is 154 Å². The predicted molar refractivity (Wildman–Crippen MR) is 126 cm³/mol. The number of phenolic OH excluding ortho intramolecular Hbond substituents is 1. The lowest BCUT2D eigenvalue weighted by molar-refractivity contribution is -0.154. The zero-order chi connectivity index (χ0) is 29.9. The fourth-order valence-corrected chi connectivity index (χ4v) is 5.61. The molecule has 0 amide bonds. The number of aromatic hydroxyl groups is 1. The highest BCUT2D eigenvalue weighted by Gasteiger charge is 2.32. The summed E-state index contributed by atoms with van der Waals surface area (Å²) in [6.45, 7) is -3.92. The molecule has 3 rings (SSSR count). The molecule has 1 heterocycles. The van der Waals surface area contributed by atoms with Gasteiger partial charge in [0, 0.05) is 12.6 Å². The van der Waals surface area contributed by atoms with Gasteiger partial charge < -0.3 is 19.7 Å². The second kappa shape index (κ2) is 11.5. The first-order valence-corrected chi connectivity index (χ1v) is 13.9. The molecule has 2 aromatic carbocycles. The van der Waals surface area contributed by atoms with Crippen molar-refractivity contribution in [1.29, 1.82) is 0 Å². The normalized spacial score (nSPS) is 15.4. The van der Waals surface area contributed by atoms with Gasteiger partial charge in [-0.15, -0.1) is 0 Å². The van der Waals surface area contributed by atoms with Crippen LogP contribution in [0.5, 0.6) is 17.2 Å². The Morgan fingerprint density at radius 1 is 0.950 bits per heavy atom. The lowest BCUT2D eigenvalue weighted by atomic mass is 10.1. The minimum atomic E-state index is -4.83. The summed E-state index contributed by atoms with van der Waals surface area (Å²) in [6, 6.07) is 6.03. The van der Waals surface area contributed by atoms with Crippen molar-refractivity contribution in [2.45, 2.75) is 30.1 Å². The van der Waals surface area contributed by atoms with E-state index in [-0.39, 0.29) is 25.1 Å². The first-order valence-electron chi connectivity index (χ1n) is 10.9. The summed E-state index contributed by atoms with van der Waals surface area (Å²) in [4.78, 5) is -0.879. The molecular formula is C21H21F6N3O8S2. The summed E-state index contributed by atoms with van der Waals surface area (Å²) in [5.74, 6) is -2.49. The molecule has 4 N–H and O–H groups in total. The van der Waals surface area contributed by atoms with E-state index in [4.69, 9.17) is 0 Å². The van der Waals surface area contributed by atoms with Crippen LogP contribution in [-0.4, -0.2) is 59.2 Å². The minimum Gasteiger partial charge on any atom is -0.506 e. The monoisotopic (exact) mass is 621 g/mol. The van der Waals surface area contributed by atoms with Gasteiger partial charge in [0.1, 0.15) is 27.8 Å². The number of benzene rings is 2. The molecular weight excluding hydrogens is 600 g/mol. The summed E-state index contributed by atoms with van der Waals surface area (Å²) in [5, 5.41) is 19.6. The number of anilines is 1. The van der Waals surface area contributed by atoms with E-state index < -0.39 is 73.8 Å². The molecule has 0 aromatic heterocycles. The summed E-state index contributed by atoms with van der Waals surface area (Å²) >= 11 is 0. The Labute approximate surface area is 223 Å². The van der Waals surface area contributed by atoms with Crippen LogP contribution in [0.3, 0.4) is 0 Å². The van der Waals surface area contributed by atoms with Crippen LogP contribution >= 0.6 is 0 Å². The molecule has 0 spiro atoms. The van der Waals surface area contributed by atoms with Crippen molar-refractivity contribution < 1.29 is 62.9 Å². The fraction of sp³-hybridized carbons (Fsp3) is 0.333. The second-order valence-electron chi connectivity index (χ2n) is 8.16. The van der Waals surface area contributed by atoms with Gasteiger partial charge in [-0.05, 0) is 42.7 Å². The number of aliphatic hydroxyl groups is 1. The average Bonchev–Trinajstić information content (AvgIpc) is 3.10. The third-order valence-electron chi connectivity index (χ3n) is 4.94. The van der Waals surface area contributed by atoms with Crippen LogP contribution < -0.4 is 23.2 Å². The van der Waals surface area contributed by atoms with Crippen LogP contribution in [0, 0.1) is 0 Å². The number of alkyl halides is 6. The number of nitrogens with one attached hydrogen (secondary N) is 2. The van der Waals surface area contributed by atoms with Crippen LogP contribution in [0.1, 0.15) is 12.0 Å². The number of phenols is 1. The highest BCUT2D eigenvalue weighted by Crippen LogP contribution is 2.33. The fourth-order valence-electron chi connectivity index (χ4n) is 3.31. The van der Waals surface area contributed by atoms with Crippen molar-refractivity contribution in [3.63, 3.8) is 0 Å². The number of sulfonamides is 1. The Morgan fingerprint density at radius 2 is 1.60 bits per heavy atom. The highest BCUT2D eigenvalue weighted by atomic mass is 32.2. The van der Waals surface area contributed by atoms with Gasteiger partial charge in [-0.2, -0.15) is 34.8 Å². The minimum absolute atomic E-state index is 0.0747. The van der Waals surface area contributed by atoms with Crippen molar-refractivity contribution in [1.82, 2.24) is 9.44 Å². The largest absolute Gasteiger partial charge is 0.506 e. The van der Waals surface area contributed by atoms with Gasteiger partial charge in [-0.3, -0.25) is 0 Å². The maximum atomic E-state index is 12.8. The Balaban J connectivity index is 1.69. The molecule has 0 saturated carbocycles. The Hall–Kier alpha value is -3.58. The molecule has 2 aromatic rings. The smallest absolute Gasteiger partial charge is 0.422 e. The highest BCUT2D eigenvalue weighted by molar-refractivity contribution is 7.91. The van der Waals surface area contributed by atoms with E-state index in [0.29, 0.717) is 15.9 Å². The third kappa shape index (κ3) is 8.46. The predicted octanol–water partition coefficient (Wildman–Crippen LogP) is 3.20. The van der Waals surface area contributed by atoms with Gasteiger partial charge in [0.15, 0.2) is 13.2 Å². The number of hydrogen-bond acceptors (Lipinski definition) is 8. The van der Waals surface area contributed by atoms with Crippen molar-refractivity contribution in [2.75, 3.05) is 24.1 Å². The molecule has 0 aliphatic carbocycles. The molecule has 0 bridgehead atoms. The first-order chi connectivity index (χ1) is 18.4. The molecule has 222 valence electrons. The molecule has 1 aliphatic rings. The van der Waals surface area contributed by atoms with E-state index >= 15 is 0 Å². The number of aliphatic hydroxyl groups excluding tert-OH is 1. The van der Waals surface area contributed by atoms with E-state index in [1.807, 2.05) is 0 Å². The van der Waals surface area contributed by atoms with Gasteiger partial charge in [0.25, 0.3) is 0 Å². The molecule has 40 heavy (non-hydrogen) atoms. The summed E-state index contributed by atoms with van der Waals surface area (Å²) in [5.41, 5.74) is 0.259. The standard InChI is InChI=1S/C21H21F6N3O8S2/c22-20(23,24)11-37-14-4-6-17(38-12-21(25,26)27)18(9-14)39(33,34)28-7-1-2-13-3-5-15(16(31)8-13)30-10-19(32)29-40(30,35)36/h3-6,8-10,28-29,31-32H,1-2,7,11-12H2. The van der Waals surface area contributed by atoms with Crippen LogP contribution in [0.25, 0.3) is 0 Å². The second-order valence-corrected chi connectivity index (χ2v) is 11.4. The maximum Gasteiger partial charge on any atom is 0.422 e. The van der Waals surface area contributed by atoms with E-state index in [2.05, 4.69) is 14.2 Å². The van der Waals surface area contributed by atoms with E-state index in [0.717, 1.165) is 18.3 Å². The van der Waals surface area contributed by atoms with Crippen molar-refractivity contribution in [2.24, 2.45) is 0 Å². The van der Waals surface area contributed by atoms with Gasteiger partial charge in [0.05, 0.1) is 6.20 Å². The Kier molecular flexibility index (Phi) is 8.90. The molecule has 0 unspecified atom stereocenters. The SMILES string of the molecule is O=S(=O)(NCCCc1ccc(N2C=C(O)NS2(=O)=O)c(O)c1)c1cc(OCC(F)(F)F)ccc1OCC(F)(F)F. The van der Waals surface area contributed by atoms with Gasteiger partial charge in [0.2, 0.25) is 15.9 Å². The summed E-state index contributed by atoms with van der Waals surface area (Å²) < 4.78 is 138. The van der Waals surface area contributed by atoms with Crippen molar-refractivity contribution in [3.8, 4) is 17.2 Å². The van der Waals surface area contributed by atoms with Crippen LogP contribution in [-0.2, 0) is 26.7 Å². The quantitative estimate of drug-likeness (QED) is 0.220. The number of rotatable bonds is 11. The summed E-state index contributed by atoms with van der Waals surface area (Å²) in [7, 11) is -8.75. The number of hydrogen-bond donors (Lipinski definition) is 4. The Morgan fingerprint density at radius 3 is 2.17 bits per heavy atom. The van der Waals surface area contributed by atoms with Crippen molar-refractivity contribution in [3.05, 3.63) is 54.0 Å². The summed E-state index contributed by atoms with van der Waals surface area (Å²) in [6.07, 6.45) is -8.55. The molecule has 1 aliphatic heterocycles.